The molecule has 0 aliphatic carbocycles. The van der Waals surface area contributed by atoms with Crippen molar-refractivity contribution >= 4 is 22.9 Å². The van der Waals surface area contributed by atoms with E-state index in [1.165, 1.54) is 12.1 Å². The fourth-order valence-corrected chi connectivity index (χ4v) is 1.43. The number of anilines is 1. The molecule has 0 saturated carbocycles. The third kappa shape index (κ3) is 2.88. The zero-order valence-corrected chi connectivity index (χ0v) is 9.83. The summed E-state index contributed by atoms with van der Waals surface area (Å²) in [6, 6.07) is 2.83. The fourth-order valence-electron chi connectivity index (χ4n) is 1.28. The second-order valence-corrected chi connectivity index (χ2v) is 3.87. The molecular formula is C11H14F2N2S. The molecular weight excluding hydrogens is 230 g/mol. The number of benzene rings is 1. The predicted molar refractivity (Wildman–Crippen MR) is 65.6 cm³/mol. The van der Waals surface area contributed by atoms with Crippen molar-refractivity contribution in [1.82, 2.24) is 0 Å². The zero-order valence-electron chi connectivity index (χ0n) is 9.02. The van der Waals surface area contributed by atoms with Crippen LogP contribution in [-0.4, -0.2) is 11.5 Å². The maximum absolute atomic E-state index is 13.5. The van der Waals surface area contributed by atoms with Gasteiger partial charge in [-0.05, 0) is 18.6 Å². The standard InChI is InChI=1S/C11H14F2N2S/c1-2-3-6-15-8-5-4-7(11(14)16)9(12)10(8)13/h4-5,15H,2-3,6H2,1H3,(H2,14,16). The number of hydrogen-bond acceptors (Lipinski definition) is 2. The highest BCUT2D eigenvalue weighted by Gasteiger charge is 2.14. The summed E-state index contributed by atoms with van der Waals surface area (Å²) >= 11 is 4.61. The van der Waals surface area contributed by atoms with Gasteiger partial charge in [-0.25, -0.2) is 8.78 Å². The van der Waals surface area contributed by atoms with Crippen LogP contribution in [0.3, 0.4) is 0 Å². The summed E-state index contributed by atoms with van der Waals surface area (Å²) in [7, 11) is 0. The Balaban J connectivity index is 2.89. The third-order valence-electron chi connectivity index (χ3n) is 2.19. The molecule has 1 rings (SSSR count). The van der Waals surface area contributed by atoms with Crippen molar-refractivity contribution in [1.29, 1.82) is 0 Å². The molecule has 0 amide bonds. The minimum atomic E-state index is -0.992. The Kier molecular flexibility index (Phi) is 4.61. The topological polar surface area (TPSA) is 38.0 Å². The van der Waals surface area contributed by atoms with Crippen molar-refractivity contribution in [2.75, 3.05) is 11.9 Å². The molecule has 0 unspecified atom stereocenters. The molecule has 1 aromatic carbocycles. The third-order valence-corrected chi connectivity index (χ3v) is 2.41. The molecule has 0 aliphatic rings. The van der Waals surface area contributed by atoms with Crippen LogP contribution in [0.2, 0.25) is 0 Å². The van der Waals surface area contributed by atoms with Crippen LogP contribution in [0.5, 0.6) is 0 Å². The first-order valence-electron chi connectivity index (χ1n) is 5.09. The van der Waals surface area contributed by atoms with Crippen LogP contribution in [-0.2, 0) is 0 Å². The summed E-state index contributed by atoms with van der Waals surface area (Å²) in [4.78, 5) is -0.142. The van der Waals surface area contributed by atoms with E-state index in [-0.39, 0.29) is 16.2 Å². The number of halogens is 2. The van der Waals surface area contributed by atoms with Gasteiger partial charge >= 0.3 is 0 Å². The Morgan fingerprint density at radius 3 is 2.62 bits per heavy atom. The smallest absolute Gasteiger partial charge is 0.182 e. The quantitative estimate of drug-likeness (QED) is 0.618. The lowest BCUT2D eigenvalue weighted by Crippen LogP contribution is -2.14. The Morgan fingerprint density at radius 2 is 2.06 bits per heavy atom. The molecule has 0 heterocycles. The van der Waals surface area contributed by atoms with E-state index < -0.39 is 11.6 Å². The van der Waals surface area contributed by atoms with Crippen molar-refractivity contribution in [2.45, 2.75) is 19.8 Å². The van der Waals surface area contributed by atoms with Gasteiger partial charge in [0.2, 0.25) is 0 Å². The highest BCUT2D eigenvalue weighted by atomic mass is 32.1. The number of thiocarbonyl (C=S) groups is 1. The van der Waals surface area contributed by atoms with E-state index in [1.54, 1.807) is 0 Å². The van der Waals surface area contributed by atoms with Crippen molar-refractivity contribution in [3.05, 3.63) is 29.3 Å². The van der Waals surface area contributed by atoms with Gasteiger partial charge in [0, 0.05) is 12.1 Å². The first kappa shape index (κ1) is 12.8. The summed E-state index contributed by atoms with van der Waals surface area (Å²) in [5, 5.41) is 2.82. The summed E-state index contributed by atoms with van der Waals surface area (Å²) in [6.07, 6.45) is 1.89. The average Bonchev–Trinajstić information content (AvgIpc) is 2.24. The van der Waals surface area contributed by atoms with Gasteiger partial charge in [0.1, 0.15) is 4.99 Å². The Labute approximate surface area is 98.8 Å². The highest BCUT2D eigenvalue weighted by Crippen LogP contribution is 2.20. The molecule has 0 fully saturated rings. The van der Waals surface area contributed by atoms with E-state index in [2.05, 4.69) is 17.5 Å². The largest absolute Gasteiger partial charge is 0.389 e. The second kappa shape index (κ2) is 5.75. The minimum absolute atomic E-state index is 0.0615. The van der Waals surface area contributed by atoms with Crippen LogP contribution < -0.4 is 11.1 Å². The van der Waals surface area contributed by atoms with E-state index in [1.807, 2.05) is 6.92 Å². The van der Waals surface area contributed by atoms with Crippen LogP contribution in [0.4, 0.5) is 14.5 Å². The number of hydrogen-bond donors (Lipinski definition) is 2. The molecule has 1 aromatic rings. The average molecular weight is 244 g/mol. The molecule has 0 bridgehead atoms. The number of nitrogens with two attached hydrogens (primary N) is 1. The lowest BCUT2D eigenvalue weighted by molar-refractivity contribution is 0.509. The van der Waals surface area contributed by atoms with Gasteiger partial charge in [0.15, 0.2) is 11.6 Å². The molecule has 5 heteroatoms. The van der Waals surface area contributed by atoms with E-state index in [0.29, 0.717) is 6.54 Å². The van der Waals surface area contributed by atoms with Gasteiger partial charge in [-0.15, -0.1) is 0 Å². The Morgan fingerprint density at radius 1 is 1.38 bits per heavy atom. The predicted octanol–water partition coefficient (Wildman–Crippen LogP) is 2.81. The monoisotopic (exact) mass is 244 g/mol. The van der Waals surface area contributed by atoms with E-state index >= 15 is 0 Å². The van der Waals surface area contributed by atoms with Crippen LogP contribution in [0, 0.1) is 11.6 Å². The summed E-state index contributed by atoms with van der Waals surface area (Å²) in [5.41, 5.74) is 5.34. The molecule has 0 atom stereocenters. The van der Waals surface area contributed by atoms with Gasteiger partial charge in [0.25, 0.3) is 0 Å². The Bertz CT molecular complexity index is 394. The van der Waals surface area contributed by atoms with E-state index in [4.69, 9.17) is 5.73 Å². The maximum Gasteiger partial charge on any atom is 0.182 e. The van der Waals surface area contributed by atoms with Crippen molar-refractivity contribution in [3.63, 3.8) is 0 Å². The van der Waals surface area contributed by atoms with Crippen molar-refractivity contribution < 1.29 is 8.78 Å². The molecule has 0 radical (unpaired) electrons. The molecule has 0 spiro atoms. The minimum Gasteiger partial charge on any atom is -0.389 e. The van der Waals surface area contributed by atoms with E-state index in [9.17, 15) is 8.78 Å². The molecule has 2 nitrogen and oxygen atoms in total. The molecule has 3 N–H and O–H groups in total. The SMILES string of the molecule is CCCCNc1ccc(C(N)=S)c(F)c1F. The normalized spacial score (nSPS) is 10.2. The molecule has 16 heavy (non-hydrogen) atoms. The van der Waals surface area contributed by atoms with Gasteiger partial charge in [-0.2, -0.15) is 0 Å². The van der Waals surface area contributed by atoms with Gasteiger partial charge < -0.3 is 11.1 Å². The van der Waals surface area contributed by atoms with Crippen molar-refractivity contribution in [2.24, 2.45) is 5.73 Å². The van der Waals surface area contributed by atoms with Crippen LogP contribution >= 0.6 is 12.2 Å². The second-order valence-electron chi connectivity index (χ2n) is 3.43. The lowest BCUT2D eigenvalue weighted by atomic mass is 10.1. The fraction of sp³-hybridized carbons (Fsp3) is 0.364. The summed E-state index contributed by atoms with van der Waals surface area (Å²) in [5.74, 6) is -1.92. The van der Waals surface area contributed by atoms with Gasteiger partial charge in [0.05, 0.1) is 5.69 Å². The lowest BCUT2D eigenvalue weighted by Gasteiger charge is -2.09. The summed E-state index contributed by atoms with van der Waals surface area (Å²) in [6.45, 7) is 2.63. The number of rotatable bonds is 5. The number of nitrogens with one attached hydrogen (secondary N) is 1. The van der Waals surface area contributed by atoms with E-state index in [0.717, 1.165) is 12.8 Å². The first-order valence-corrected chi connectivity index (χ1v) is 5.50. The zero-order chi connectivity index (χ0) is 12.1. The molecule has 0 aliphatic heterocycles. The maximum atomic E-state index is 13.5. The van der Waals surface area contributed by atoms with Crippen LogP contribution in [0.15, 0.2) is 12.1 Å². The van der Waals surface area contributed by atoms with Crippen molar-refractivity contribution in [3.8, 4) is 0 Å². The summed E-state index contributed by atoms with van der Waals surface area (Å²) < 4.78 is 26.9. The first-order chi connectivity index (χ1) is 7.57. The van der Waals surface area contributed by atoms with Crippen LogP contribution in [0.1, 0.15) is 25.3 Å². The Hall–Kier alpha value is -1.23. The molecule has 0 aromatic heterocycles. The molecule has 88 valence electrons. The number of unbranched alkanes of at least 4 members (excludes halogenated alkanes) is 1. The molecule has 0 saturated heterocycles. The van der Waals surface area contributed by atoms with Gasteiger partial charge in [-0.3, -0.25) is 0 Å². The highest BCUT2D eigenvalue weighted by molar-refractivity contribution is 7.80. The van der Waals surface area contributed by atoms with Gasteiger partial charge in [-0.1, -0.05) is 25.6 Å². The van der Waals surface area contributed by atoms with Crippen LogP contribution in [0.25, 0.3) is 0 Å².